The van der Waals surface area contributed by atoms with Crippen molar-refractivity contribution < 1.29 is 14.6 Å². The lowest BCUT2D eigenvalue weighted by molar-refractivity contribution is 0.0572. The third-order valence-electron chi connectivity index (χ3n) is 2.07. The number of aliphatic hydroxyl groups is 1. The van der Waals surface area contributed by atoms with E-state index < -0.39 is 0 Å². The van der Waals surface area contributed by atoms with E-state index in [9.17, 15) is 0 Å². The van der Waals surface area contributed by atoms with Crippen LogP contribution in [0.5, 0.6) is 0 Å². The first-order valence-corrected chi connectivity index (χ1v) is 5.14. The smallest absolute Gasteiger partial charge is 0.0698 e. The van der Waals surface area contributed by atoms with E-state index in [1.54, 1.807) is 7.11 Å². The number of ether oxygens (including phenoxy) is 2. The Bertz CT molecular complexity index is 120. The van der Waals surface area contributed by atoms with Crippen LogP contribution in [0, 0.1) is 0 Å². The predicted octanol–water partition coefficient (Wildman–Crippen LogP) is 0.352. The minimum Gasteiger partial charge on any atom is -0.394 e. The Morgan fingerprint density at radius 3 is 2.29 bits per heavy atom. The molecule has 1 N–H and O–H groups in total. The van der Waals surface area contributed by atoms with Crippen molar-refractivity contribution in [1.29, 1.82) is 0 Å². The van der Waals surface area contributed by atoms with Gasteiger partial charge in [0, 0.05) is 26.2 Å². The van der Waals surface area contributed by atoms with Crippen LogP contribution in [-0.4, -0.2) is 62.7 Å². The molecule has 0 atom stereocenters. The van der Waals surface area contributed by atoms with E-state index in [1.807, 2.05) is 0 Å². The van der Waals surface area contributed by atoms with Crippen LogP contribution >= 0.6 is 0 Å². The molecule has 86 valence electrons. The molecule has 0 aromatic heterocycles. The molecule has 0 aliphatic heterocycles. The molecule has 4 heteroatoms. The second kappa shape index (κ2) is 9.40. The largest absolute Gasteiger partial charge is 0.394 e. The van der Waals surface area contributed by atoms with Crippen molar-refractivity contribution in [2.75, 3.05) is 46.6 Å². The zero-order valence-electron chi connectivity index (χ0n) is 9.53. The molecule has 0 amide bonds. The van der Waals surface area contributed by atoms with Gasteiger partial charge in [0.2, 0.25) is 0 Å². The molecule has 0 aromatic rings. The summed E-state index contributed by atoms with van der Waals surface area (Å²) in [7, 11) is 1.71. The zero-order valence-corrected chi connectivity index (χ0v) is 9.53. The van der Waals surface area contributed by atoms with Gasteiger partial charge in [-0.25, -0.2) is 0 Å². The van der Waals surface area contributed by atoms with E-state index in [2.05, 4.69) is 18.7 Å². The van der Waals surface area contributed by atoms with Crippen LogP contribution in [0.1, 0.15) is 13.8 Å². The molecule has 14 heavy (non-hydrogen) atoms. The highest BCUT2D eigenvalue weighted by atomic mass is 16.5. The number of aliphatic hydroxyl groups excluding tert-OH is 1. The Hall–Kier alpha value is -0.160. The molecule has 0 aliphatic rings. The maximum atomic E-state index is 8.52. The van der Waals surface area contributed by atoms with Crippen molar-refractivity contribution in [3.63, 3.8) is 0 Å². The second-order valence-electron chi connectivity index (χ2n) is 3.46. The summed E-state index contributed by atoms with van der Waals surface area (Å²) in [5.74, 6) is 0. The SMILES string of the molecule is COCCN(CCOCCO)C(C)C. The van der Waals surface area contributed by atoms with Gasteiger partial charge in [0.25, 0.3) is 0 Å². The Balaban J connectivity index is 3.52. The first kappa shape index (κ1) is 13.8. The molecule has 0 bridgehead atoms. The summed E-state index contributed by atoms with van der Waals surface area (Å²) in [6.45, 7) is 8.07. The fraction of sp³-hybridized carbons (Fsp3) is 1.00. The van der Waals surface area contributed by atoms with Crippen LogP contribution in [-0.2, 0) is 9.47 Å². The molecule has 0 unspecified atom stereocenters. The predicted molar refractivity (Wildman–Crippen MR) is 56.5 cm³/mol. The van der Waals surface area contributed by atoms with Crippen molar-refractivity contribution >= 4 is 0 Å². The van der Waals surface area contributed by atoms with Crippen molar-refractivity contribution in [2.45, 2.75) is 19.9 Å². The number of hydrogen-bond acceptors (Lipinski definition) is 4. The van der Waals surface area contributed by atoms with Crippen LogP contribution in [0.15, 0.2) is 0 Å². The van der Waals surface area contributed by atoms with Crippen LogP contribution in [0.25, 0.3) is 0 Å². The molecule has 0 radical (unpaired) electrons. The average molecular weight is 205 g/mol. The molecule has 0 aliphatic carbocycles. The van der Waals surface area contributed by atoms with Gasteiger partial charge in [-0.1, -0.05) is 0 Å². The molecule has 0 fully saturated rings. The van der Waals surface area contributed by atoms with E-state index in [0.29, 0.717) is 19.3 Å². The van der Waals surface area contributed by atoms with Gasteiger partial charge in [0.05, 0.1) is 26.4 Å². The highest BCUT2D eigenvalue weighted by Crippen LogP contribution is 1.97. The van der Waals surface area contributed by atoms with Gasteiger partial charge in [0.1, 0.15) is 0 Å². The lowest BCUT2D eigenvalue weighted by Gasteiger charge is -2.25. The molecule has 0 heterocycles. The van der Waals surface area contributed by atoms with Gasteiger partial charge in [-0.15, -0.1) is 0 Å². The van der Waals surface area contributed by atoms with Gasteiger partial charge < -0.3 is 14.6 Å². The first-order valence-electron chi connectivity index (χ1n) is 5.14. The van der Waals surface area contributed by atoms with E-state index in [1.165, 1.54) is 0 Å². The second-order valence-corrected chi connectivity index (χ2v) is 3.46. The maximum Gasteiger partial charge on any atom is 0.0698 e. The zero-order chi connectivity index (χ0) is 10.8. The summed E-state index contributed by atoms with van der Waals surface area (Å²) in [5, 5.41) is 8.52. The summed E-state index contributed by atoms with van der Waals surface area (Å²) in [6, 6.07) is 0.503. The summed E-state index contributed by atoms with van der Waals surface area (Å²) in [4.78, 5) is 2.29. The molecule has 0 aromatic carbocycles. The minimum atomic E-state index is 0.0970. The standard InChI is InChI=1S/C10H23NO3/c1-10(2)11(4-7-13-3)5-8-14-9-6-12/h10,12H,4-9H2,1-3H3. The van der Waals surface area contributed by atoms with Crippen molar-refractivity contribution in [3.8, 4) is 0 Å². The number of nitrogens with zero attached hydrogens (tertiary/aromatic N) is 1. The van der Waals surface area contributed by atoms with Crippen molar-refractivity contribution in [2.24, 2.45) is 0 Å². The van der Waals surface area contributed by atoms with Crippen molar-refractivity contribution in [1.82, 2.24) is 4.90 Å². The third kappa shape index (κ3) is 7.26. The molecule has 0 spiro atoms. The quantitative estimate of drug-likeness (QED) is 0.552. The number of rotatable bonds is 9. The monoisotopic (exact) mass is 205 g/mol. The third-order valence-corrected chi connectivity index (χ3v) is 2.07. The van der Waals surface area contributed by atoms with Gasteiger partial charge in [-0.05, 0) is 13.8 Å². The topological polar surface area (TPSA) is 41.9 Å². The molecule has 4 nitrogen and oxygen atoms in total. The number of hydrogen-bond donors (Lipinski definition) is 1. The average Bonchev–Trinajstić information content (AvgIpc) is 2.16. The molecular weight excluding hydrogens is 182 g/mol. The summed E-state index contributed by atoms with van der Waals surface area (Å²) < 4.78 is 10.2. The molecule has 0 saturated carbocycles. The first-order chi connectivity index (χ1) is 6.72. The number of methoxy groups -OCH3 is 1. The summed E-state index contributed by atoms with van der Waals surface area (Å²) in [5.41, 5.74) is 0. The highest BCUT2D eigenvalue weighted by molar-refractivity contribution is 4.61. The van der Waals surface area contributed by atoms with Crippen LogP contribution in [0.4, 0.5) is 0 Å². The normalized spacial score (nSPS) is 11.6. The van der Waals surface area contributed by atoms with Crippen LogP contribution in [0.2, 0.25) is 0 Å². The maximum absolute atomic E-state index is 8.52. The van der Waals surface area contributed by atoms with Gasteiger partial charge in [0.15, 0.2) is 0 Å². The Morgan fingerprint density at radius 1 is 1.14 bits per heavy atom. The van der Waals surface area contributed by atoms with E-state index in [-0.39, 0.29) is 6.61 Å². The molecule has 0 saturated heterocycles. The van der Waals surface area contributed by atoms with Crippen LogP contribution in [0.3, 0.4) is 0 Å². The Morgan fingerprint density at radius 2 is 1.79 bits per heavy atom. The van der Waals surface area contributed by atoms with Crippen molar-refractivity contribution in [3.05, 3.63) is 0 Å². The summed E-state index contributed by atoms with van der Waals surface area (Å²) >= 11 is 0. The van der Waals surface area contributed by atoms with Crippen LogP contribution < -0.4 is 0 Å². The lowest BCUT2D eigenvalue weighted by atomic mass is 10.3. The fourth-order valence-corrected chi connectivity index (χ4v) is 1.19. The lowest BCUT2D eigenvalue weighted by Crippen LogP contribution is -2.36. The van der Waals surface area contributed by atoms with Gasteiger partial charge in [-0.2, -0.15) is 0 Å². The minimum absolute atomic E-state index is 0.0970. The van der Waals surface area contributed by atoms with Gasteiger partial charge in [-0.3, -0.25) is 4.90 Å². The summed E-state index contributed by atoms with van der Waals surface area (Å²) in [6.07, 6.45) is 0. The fourth-order valence-electron chi connectivity index (χ4n) is 1.19. The van der Waals surface area contributed by atoms with E-state index >= 15 is 0 Å². The highest BCUT2D eigenvalue weighted by Gasteiger charge is 2.07. The Kier molecular flexibility index (Phi) is 9.29. The molecule has 0 rings (SSSR count). The van der Waals surface area contributed by atoms with E-state index in [0.717, 1.165) is 19.7 Å². The van der Waals surface area contributed by atoms with E-state index in [4.69, 9.17) is 14.6 Å². The molecular formula is C10H23NO3. The Labute approximate surface area is 86.8 Å². The van der Waals surface area contributed by atoms with Gasteiger partial charge >= 0.3 is 0 Å².